The first-order valence-corrected chi connectivity index (χ1v) is 11.5. The number of alkyl carbamates (subject to hydrolysis) is 1. The molecule has 2 aromatic rings. The number of carbonyl (C=O) groups excluding carboxylic acids is 2. The topological polar surface area (TPSA) is 114 Å². The third kappa shape index (κ3) is 5.85. The molecule has 1 saturated heterocycles. The van der Waals surface area contributed by atoms with Crippen LogP contribution in [0.3, 0.4) is 0 Å². The van der Waals surface area contributed by atoms with Gasteiger partial charge in [0.25, 0.3) is 0 Å². The van der Waals surface area contributed by atoms with Gasteiger partial charge in [0.05, 0.1) is 18.2 Å². The van der Waals surface area contributed by atoms with Gasteiger partial charge in [0.15, 0.2) is 0 Å². The van der Waals surface area contributed by atoms with E-state index < -0.39 is 35.4 Å². The monoisotopic (exact) mass is 482 g/mol. The summed E-state index contributed by atoms with van der Waals surface area (Å²) in [6.07, 6.45) is -0.145. The number of ether oxygens (including phenoxy) is 3. The van der Waals surface area contributed by atoms with Crippen LogP contribution >= 0.6 is 0 Å². The molecule has 2 heterocycles. The van der Waals surface area contributed by atoms with Gasteiger partial charge >= 0.3 is 18.2 Å². The molecule has 0 saturated carbocycles. The standard InChI is InChI=1S/C26H30N2O7/c1-25(2,3)35-24(32)28-12-11-26(16-28)14-20(19-13-18(22(29)30)9-10-21(19)34-26)27-23(31)33-15-17-7-5-4-6-8-17/h4-10,13,20H,11-12,14-16H2,1-3H3,(H,27,31)(H,29,30). The highest BCUT2D eigenvalue weighted by Crippen LogP contribution is 2.44. The first-order chi connectivity index (χ1) is 16.5. The summed E-state index contributed by atoms with van der Waals surface area (Å²) in [4.78, 5) is 38.4. The number of amides is 2. The van der Waals surface area contributed by atoms with Gasteiger partial charge in [-0.3, -0.25) is 0 Å². The van der Waals surface area contributed by atoms with Crippen LogP contribution in [0.1, 0.15) is 61.1 Å². The Morgan fingerprint density at radius 2 is 1.91 bits per heavy atom. The molecule has 0 bridgehead atoms. The largest absolute Gasteiger partial charge is 0.485 e. The third-order valence-electron chi connectivity index (χ3n) is 6.01. The maximum atomic E-state index is 12.7. The molecule has 2 atom stereocenters. The molecule has 186 valence electrons. The Morgan fingerprint density at radius 1 is 1.17 bits per heavy atom. The minimum atomic E-state index is -1.07. The maximum absolute atomic E-state index is 12.7. The number of carboxylic acids is 1. The number of benzene rings is 2. The maximum Gasteiger partial charge on any atom is 0.410 e. The molecule has 2 aliphatic rings. The van der Waals surface area contributed by atoms with E-state index >= 15 is 0 Å². The van der Waals surface area contributed by atoms with Crippen LogP contribution in [0, 0.1) is 0 Å². The van der Waals surface area contributed by atoms with Gasteiger partial charge in [-0.1, -0.05) is 30.3 Å². The average molecular weight is 483 g/mol. The molecule has 2 aromatic carbocycles. The smallest absolute Gasteiger partial charge is 0.410 e. The normalized spacial score (nSPS) is 21.1. The van der Waals surface area contributed by atoms with Crippen molar-refractivity contribution >= 4 is 18.2 Å². The molecule has 0 aliphatic carbocycles. The lowest BCUT2D eigenvalue weighted by Gasteiger charge is -2.40. The highest BCUT2D eigenvalue weighted by atomic mass is 16.6. The number of hydrogen-bond donors (Lipinski definition) is 2. The Hall–Kier alpha value is -3.75. The number of nitrogens with one attached hydrogen (secondary N) is 1. The number of nitrogens with zero attached hydrogens (tertiary/aromatic N) is 1. The van der Waals surface area contributed by atoms with Crippen molar-refractivity contribution in [1.29, 1.82) is 0 Å². The van der Waals surface area contributed by atoms with E-state index in [1.807, 2.05) is 51.1 Å². The zero-order chi connectivity index (χ0) is 25.2. The molecular weight excluding hydrogens is 452 g/mol. The van der Waals surface area contributed by atoms with Crippen molar-refractivity contribution in [2.45, 2.75) is 57.5 Å². The fraction of sp³-hybridized carbons (Fsp3) is 0.423. The number of aromatic carboxylic acids is 1. The van der Waals surface area contributed by atoms with E-state index in [0.29, 0.717) is 37.2 Å². The molecule has 0 radical (unpaired) electrons. The van der Waals surface area contributed by atoms with E-state index in [1.165, 1.54) is 12.1 Å². The average Bonchev–Trinajstić information content (AvgIpc) is 3.20. The second kappa shape index (κ2) is 9.48. The Kier molecular flexibility index (Phi) is 6.60. The quantitative estimate of drug-likeness (QED) is 0.659. The van der Waals surface area contributed by atoms with Crippen molar-refractivity contribution in [3.05, 3.63) is 65.2 Å². The van der Waals surface area contributed by atoms with Crippen molar-refractivity contribution in [2.24, 2.45) is 0 Å². The molecular formula is C26H30N2O7. The predicted octanol–water partition coefficient (Wildman–Crippen LogP) is 4.51. The van der Waals surface area contributed by atoms with Crippen LogP contribution in [0.25, 0.3) is 0 Å². The van der Waals surface area contributed by atoms with Crippen LogP contribution in [0.4, 0.5) is 9.59 Å². The zero-order valence-corrected chi connectivity index (χ0v) is 20.1. The lowest BCUT2D eigenvalue weighted by Crippen LogP contribution is -2.48. The molecule has 1 spiro atoms. The van der Waals surface area contributed by atoms with Gasteiger partial charge in [0, 0.05) is 24.9 Å². The van der Waals surface area contributed by atoms with Gasteiger partial charge in [-0.2, -0.15) is 0 Å². The lowest BCUT2D eigenvalue weighted by atomic mass is 9.86. The minimum Gasteiger partial charge on any atom is -0.485 e. The first kappa shape index (κ1) is 24.4. The van der Waals surface area contributed by atoms with E-state index in [4.69, 9.17) is 14.2 Å². The second-order valence-electron chi connectivity index (χ2n) is 9.96. The molecule has 2 unspecified atom stereocenters. The van der Waals surface area contributed by atoms with Gasteiger partial charge in [-0.15, -0.1) is 0 Å². The summed E-state index contributed by atoms with van der Waals surface area (Å²) in [6, 6.07) is 13.3. The molecule has 2 N–H and O–H groups in total. The summed E-state index contributed by atoms with van der Waals surface area (Å²) in [5, 5.41) is 12.3. The number of rotatable bonds is 4. The van der Waals surface area contributed by atoms with E-state index in [0.717, 1.165) is 5.56 Å². The zero-order valence-electron chi connectivity index (χ0n) is 20.1. The van der Waals surface area contributed by atoms with Crippen LogP contribution in [0.2, 0.25) is 0 Å². The van der Waals surface area contributed by atoms with Crippen molar-refractivity contribution in [2.75, 3.05) is 13.1 Å². The first-order valence-electron chi connectivity index (χ1n) is 11.5. The summed E-state index contributed by atoms with van der Waals surface area (Å²) in [5.74, 6) is -0.601. The lowest BCUT2D eigenvalue weighted by molar-refractivity contribution is 0.0123. The highest BCUT2D eigenvalue weighted by molar-refractivity contribution is 5.88. The van der Waals surface area contributed by atoms with Crippen molar-refractivity contribution in [1.82, 2.24) is 10.2 Å². The van der Waals surface area contributed by atoms with Crippen LogP contribution in [-0.4, -0.2) is 52.5 Å². The Balaban J connectivity index is 1.53. The van der Waals surface area contributed by atoms with E-state index in [1.54, 1.807) is 11.0 Å². The number of carboxylic acid groups (broad SMARTS) is 1. The summed E-state index contributed by atoms with van der Waals surface area (Å²) in [6.45, 7) is 6.28. The van der Waals surface area contributed by atoms with Gasteiger partial charge in [-0.25, -0.2) is 14.4 Å². The number of fused-ring (bicyclic) bond motifs is 1. The summed E-state index contributed by atoms with van der Waals surface area (Å²) < 4.78 is 17.2. The molecule has 2 amide bonds. The molecule has 9 heteroatoms. The van der Waals surface area contributed by atoms with Crippen LogP contribution in [0.5, 0.6) is 5.75 Å². The molecule has 0 aromatic heterocycles. The van der Waals surface area contributed by atoms with Gasteiger partial charge < -0.3 is 29.5 Å². The Bertz CT molecular complexity index is 1110. The van der Waals surface area contributed by atoms with Crippen LogP contribution in [-0.2, 0) is 16.1 Å². The third-order valence-corrected chi connectivity index (χ3v) is 6.01. The Labute approximate surface area is 204 Å². The highest BCUT2D eigenvalue weighted by Gasteiger charge is 2.48. The number of hydrogen-bond acceptors (Lipinski definition) is 6. The minimum absolute atomic E-state index is 0.0922. The van der Waals surface area contributed by atoms with Crippen molar-refractivity contribution in [3.63, 3.8) is 0 Å². The van der Waals surface area contributed by atoms with Gasteiger partial charge in [0.2, 0.25) is 0 Å². The summed E-state index contributed by atoms with van der Waals surface area (Å²) >= 11 is 0. The molecule has 4 rings (SSSR count). The second-order valence-corrected chi connectivity index (χ2v) is 9.96. The number of carbonyl (C=O) groups is 3. The Morgan fingerprint density at radius 3 is 2.60 bits per heavy atom. The van der Waals surface area contributed by atoms with Crippen molar-refractivity contribution < 1.29 is 33.7 Å². The fourth-order valence-electron chi connectivity index (χ4n) is 4.42. The number of likely N-dealkylation sites (tertiary alicyclic amines) is 1. The SMILES string of the molecule is CC(C)(C)OC(=O)N1CCC2(CC(NC(=O)OCc3ccccc3)c3cc(C(=O)O)ccc3O2)C1. The molecule has 9 nitrogen and oxygen atoms in total. The van der Waals surface area contributed by atoms with E-state index in [9.17, 15) is 19.5 Å². The van der Waals surface area contributed by atoms with Gasteiger partial charge in [0.1, 0.15) is 23.6 Å². The molecule has 35 heavy (non-hydrogen) atoms. The van der Waals surface area contributed by atoms with Crippen molar-refractivity contribution in [3.8, 4) is 5.75 Å². The summed E-state index contributed by atoms with van der Waals surface area (Å²) in [5.41, 5.74) is 0.138. The summed E-state index contributed by atoms with van der Waals surface area (Å²) in [7, 11) is 0. The fourth-order valence-corrected chi connectivity index (χ4v) is 4.42. The van der Waals surface area contributed by atoms with E-state index in [2.05, 4.69) is 5.32 Å². The van der Waals surface area contributed by atoms with Gasteiger partial charge in [-0.05, 0) is 44.5 Å². The van der Waals surface area contributed by atoms with Crippen LogP contribution < -0.4 is 10.1 Å². The predicted molar refractivity (Wildman–Crippen MR) is 126 cm³/mol. The molecule has 2 aliphatic heterocycles. The van der Waals surface area contributed by atoms with E-state index in [-0.39, 0.29) is 12.2 Å². The van der Waals surface area contributed by atoms with Crippen LogP contribution in [0.15, 0.2) is 48.5 Å². The molecule has 1 fully saturated rings.